The molecule has 1 N–H and O–H groups in total. The van der Waals surface area contributed by atoms with Crippen molar-refractivity contribution in [2.45, 2.75) is 27.2 Å². The lowest BCUT2D eigenvalue weighted by Gasteiger charge is -2.31. The van der Waals surface area contributed by atoms with Crippen LogP contribution in [0.4, 0.5) is 0 Å². The van der Waals surface area contributed by atoms with Crippen molar-refractivity contribution in [2.24, 2.45) is 5.41 Å². The van der Waals surface area contributed by atoms with Crippen molar-refractivity contribution >= 4 is 5.78 Å². The van der Waals surface area contributed by atoms with E-state index < -0.39 is 0 Å². The number of hydrogen-bond donors (Lipinski definition) is 1. The van der Waals surface area contributed by atoms with Crippen LogP contribution >= 0.6 is 0 Å². The molecule has 2 heteroatoms. The number of carbonyl (C=O) groups is 1. The molecule has 0 heterocycles. The first-order valence-corrected chi connectivity index (χ1v) is 3.99. The molecule has 66 valence electrons. The summed E-state index contributed by atoms with van der Waals surface area (Å²) < 4.78 is 0. The normalized spacial score (nSPS) is 23.2. The number of rotatable bonds is 0. The van der Waals surface area contributed by atoms with Crippen LogP contribution < -0.4 is 0 Å². The van der Waals surface area contributed by atoms with E-state index in [1.54, 1.807) is 6.92 Å². The highest BCUT2D eigenvalue weighted by molar-refractivity contribution is 5.96. The van der Waals surface area contributed by atoms with E-state index in [-0.39, 0.29) is 17.0 Å². The first kappa shape index (κ1) is 9.04. The molecule has 0 bridgehead atoms. The average molecular weight is 166 g/mol. The van der Waals surface area contributed by atoms with Crippen LogP contribution in [0, 0.1) is 5.41 Å². The first-order valence-electron chi connectivity index (χ1n) is 3.99. The molecule has 0 unspecified atom stereocenters. The second-order valence-electron chi connectivity index (χ2n) is 3.94. The van der Waals surface area contributed by atoms with Gasteiger partial charge in [0.15, 0.2) is 11.5 Å². The van der Waals surface area contributed by atoms with Gasteiger partial charge in [0.25, 0.3) is 0 Å². The Morgan fingerprint density at radius 1 is 1.50 bits per heavy atom. The van der Waals surface area contributed by atoms with E-state index in [1.807, 2.05) is 13.8 Å². The molecule has 0 aromatic heterocycles. The van der Waals surface area contributed by atoms with Crippen LogP contribution in [0.5, 0.6) is 0 Å². The maximum absolute atomic E-state index is 11.2. The van der Waals surface area contributed by atoms with Crippen molar-refractivity contribution in [2.75, 3.05) is 0 Å². The standard InChI is InChI=1S/C10H14O2/c1-6-7(2)10(3,4)5-8(11)9(6)12/h12H,2,5H2,1,3-4H3. The van der Waals surface area contributed by atoms with Crippen LogP contribution in [0.15, 0.2) is 23.5 Å². The molecule has 12 heavy (non-hydrogen) atoms. The molecule has 0 amide bonds. The summed E-state index contributed by atoms with van der Waals surface area (Å²) >= 11 is 0. The van der Waals surface area contributed by atoms with E-state index in [0.717, 1.165) is 5.57 Å². The predicted octanol–water partition coefficient (Wildman–Crippen LogP) is 2.37. The van der Waals surface area contributed by atoms with Crippen molar-refractivity contribution in [1.29, 1.82) is 0 Å². The molecule has 2 nitrogen and oxygen atoms in total. The molecule has 0 atom stereocenters. The fraction of sp³-hybridized carbons (Fsp3) is 0.500. The summed E-state index contributed by atoms with van der Waals surface area (Å²) in [6.07, 6.45) is 0.356. The summed E-state index contributed by atoms with van der Waals surface area (Å²) in [5.74, 6) is -0.288. The molecule has 0 aromatic carbocycles. The summed E-state index contributed by atoms with van der Waals surface area (Å²) in [7, 11) is 0. The Balaban J connectivity index is 3.19. The van der Waals surface area contributed by atoms with E-state index in [4.69, 9.17) is 0 Å². The Bertz CT molecular complexity index is 282. The zero-order chi connectivity index (χ0) is 9.52. The van der Waals surface area contributed by atoms with Crippen LogP contribution in [0.2, 0.25) is 0 Å². The number of aliphatic hydroxyl groups excluding tert-OH is 1. The average Bonchev–Trinajstić information content (AvgIpc) is 1.97. The lowest BCUT2D eigenvalue weighted by atomic mass is 9.73. The highest BCUT2D eigenvalue weighted by Gasteiger charge is 2.34. The highest BCUT2D eigenvalue weighted by atomic mass is 16.3. The summed E-state index contributed by atoms with van der Waals surface area (Å²) in [5, 5.41) is 9.32. The maximum Gasteiger partial charge on any atom is 0.198 e. The molecule has 1 rings (SSSR count). The molecular weight excluding hydrogens is 152 g/mol. The van der Waals surface area contributed by atoms with Crippen LogP contribution in [0.3, 0.4) is 0 Å². The number of aliphatic hydroxyl groups is 1. The molecule has 0 fully saturated rings. The Morgan fingerprint density at radius 2 is 2.00 bits per heavy atom. The highest BCUT2D eigenvalue weighted by Crippen LogP contribution is 2.39. The predicted molar refractivity (Wildman–Crippen MR) is 47.9 cm³/mol. The Morgan fingerprint density at radius 3 is 2.50 bits per heavy atom. The van der Waals surface area contributed by atoms with Crippen molar-refractivity contribution < 1.29 is 9.90 Å². The van der Waals surface area contributed by atoms with Crippen LogP contribution in [0.1, 0.15) is 27.2 Å². The number of carbonyl (C=O) groups excluding carboxylic acids is 1. The Labute approximate surface area is 72.6 Å². The minimum atomic E-state index is -0.201. The minimum Gasteiger partial charge on any atom is -0.504 e. The second kappa shape index (κ2) is 2.47. The number of ketones is 1. The van der Waals surface area contributed by atoms with Crippen LogP contribution in [-0.2, 0) is 4.79 Å². The van der Waals surface area contributed by atoms with Gasteiger partial charge in [-0.3, -0.25) is 4.79 Å². The lowest BCUT2D eigenvalue weighted by molar-refractivity contribution is -0.120. The summed E-state index contributed by atoms with van der Waals surface area (Å²) in [4.78, 5) is 11.2. The van der Waals surface area contributed by atoms with Gasteiger partial charge in [-0.1, -0.05) is 20.4 Å². The van der Waals surface area contributed by atoms with Crippen molar-refractivity contribution in [3.63, 3.8) is 0 Å². The first-order chi connectivity index (χ1) is 5.36. The zero-order valence-corrected chi connectivity index (χ0v) is 7.77. The third-order valence-electron chi connectivity index (χ3n) is 2.49. The largest absolute Gasteiger partial charge is 0.504 e. The third-order valence-corrected chi connectivity index (χ3v) is 2.49. The maximum atomic E-state index is 11.2. The zero-order valence-electron chi connectivity index (χ0n) is 7.77. The fourth-order valence-electron chi connectivity index (χ4n) is 1.45. The van der Waals surface area contributed by atoms with Gasteiger partial charge in [-0.05, 0) is 23.5 Å². The van der Waals surface area contributed by atoms with E-state index >= 15 is 0 Å². The van der Waals surface area contributed by atoms with Crippen LogP contribution in [-0.4, -0.2) is 10.9 Å². The minimum absolute atomic E-state index is 0.112. The number of hydrogen-bond acceptors (Lipinski definition) is 2. The number of allylic oxidation sites excluding steroid dienone is 3. The summed E-state index contributed by atoms with van der Waals surface area (Å²) in [6.45, 7) is 9.52. The monoisotopic (exact) mass is 166 g/mol. The molecule has 0 spiro atoms. The van der Waals surface area contributed by atoms with Gasteiger partial charge >= 0.3 is 0 Å². The van der Waals surface area contributed by atoms with Crippen molar-refractivity contribution in [1.82, 2.24) is 0 Å². The van der Waals surface area contributed by atoms with Gasteiger partial charge in [-0.2, -0.15) is 0 Å². The SMILES string of the molecule is C=C1C(C)=C(O)C(=O)CC1(C)C. The third kappa shape index (κ3) is 1.17. The number of Topliss-reactive ketones (excluding diaryl/α,β-unsaturated/α-hetero) is 1. The Hall–Kier alpha value is -1.05. The smallest absolute Gasteiger partial charge is 0.198 e. The van der Waals surface area contributed by atoms with Crippen LogP contribution in [0.25, 0.3) is 0 Å². The molecule has 0 saturated heterocycles. The summed E-state index contributed by atoms with van der Waals surface area (Å²) in [5.41, 5.74) is 1.30. The second-order valence-corrected chi connectivity index (χ2v) is 3.94. The van der Waals surface area contributed by atoms with Gasteiger partial charge in [-0.25, -0.2) is 0 Å². The van der Waals surface area contributed by atoms with Gasteiger partial charge in [0.05, 0.1) is 0 Å². The lowest BCUT2D eigenvalue weighted by Crippen LogP contribution is -2.27. The molecule has 0 aliphatic heterocycles. The topological polar surface area (TPSA) is 37.3 Å². The van der Waals surface area contributed by atoms with Crippen molar-refractivity contribution in [3.8, 4) is 0 Å². The molecule has 0 aromatic rings. The Kier molecular flexibility index (Phi) is 1.86. The van der Waals surface area contributed by atoms with Gasteiger partial charge in [0.2, 0.25) is 0 Å². The molecule has 1 aliphatic rings. The van der Waals surface area contributed by atoms with E-state index in [2.05, 4.69) is 6.58 Å². The van der Waals surface area contributed by atoms with E-state index in [1.165, 1.54) is 0 Å². The van der Waals surface area contributed by atoms with Crippen molar-refractivity contribution in [3.05, 3.63) is 23.5 Å². The molecule has 1 aliphatic carbocycles. The van der Waals surface area contributed by atoms with E-state index in [0.29, 0.717) is 12.0 Å². The van der Waals surface area contributed by atoms with Gasteiger partial charge in [0.1, 0.15) is 0 Å². The fourth-order valence-corrected chi connectivity index (χ4v) is 1.45. The summed E-state index contributed by atoms with van der Waals surface area (Å²) in [6, 6.07) is 0. The van der Waals surface area contributed by atoms with Gasteiger partial charge in [0, 0.05) is 6.42 Å². The molecule has 0 saturated carbocycles. The molecule has 0 radical (unpaired) electrons. The molecular formula is C10H14O2. The van der Waals surface area contributed by atoms with E-state index in [9.17, 15) is 9.90 Å². The quantitative estimate of drug-likeness (QED) is 0.599. The van der Waals surface area contributed by atoms with Gasteiger partial charge in [-0.15, -0.1) is 0 Å². The van der Waals surface area contributed by atoms with Gasteiger partial charge < -0.3 is 5.11 Å².